The van der Waals surface area contributed by atoms with Crippen LogP contribution < -0.4 is 5.32 Å². The highest BCUT2D eigenvalue weighted by molar-refractivity contribution is 7.90. The van der Waals surface area contributed by atoms with Gasteiger partial charge in [0, 0.05) is 39.8 Å². The molecule has 0 aromatic heterocycles. The van der Waals surface area contributed by atoms with Crippen LogP contribution in [0.1, 0.15) is 18.9 Å². The Morgan fingerprint density at radius 2 is 1.79 bits per heavy atom. The average molecular weight is 411 g/mol. The number of nitrogens with zero attached hydrogens (tertiary/aromatic N) is 3. The summed E-state index contributed by atoms with van der Waals surface area (Å²) in [6, 6.07) is 9.22. The summed E-state index contributed by atoms with van der Waals surface area (Å²) in [6.07, 6.45) is 0.227. The van der Waals surface area contributed by atoms with Crippen molar-refractivity contribution < 1.29 is 17.9 Å². The van der Waals surface area contributed by atoms with Gasteiger partial charge in [-0.1, -0.05) is 30.3 Å². The molecule has 1 N–H and O–H groups in total. The van der Waals surface area contributed by atoms with Crippen molar-refractivity contribution >= 4 is 21.9 Å². The van der Waals surface area contributed by atoms with E-state index in [-0.39, 0.29) is 17.6 Å². The molecule has 1 aromatic carbocycles. The maximum absolute atomic E-state index is 12.3. The quantitative estimate of drug-likeness (QED) is 0.414. The van der Waals surface area contributed by atoms with Crippen molar-refractivity contribution in [1.82, 2.24) is 15.1 Å². The maximum atomic E-state index is 12.3. The molecule has 1 aromatic rings. The number of nitrogens with one attached hydrogen (secondary N) is 1. The fraction of sp³-hybridized carbons (Fsp3) is 0.579. The van der Waals surface area contributed by atoms with Gasteiger partial charge in [0.05, 0.1) is 18.1 Å². The number of hydrogen-bond donors (Lipinski definition) is 1. The number of piperazine rings is 1. The Bertz CT molecular complexity index is 744. The summed E-state index contributed by atoms with van der Waals surface area (Å²) in [5, 5.41) is 3.22. The lowest BCUT2D eigenvalue weighted by Crippen LogP contribution is -2.54. The Kier molecular flexibility index (Phi) is 8.56. The van der Waals surface area contributed by atoms with Crippen LogP contribution in [0, 0.1) is 0 Å². The van der Waals surface area contributed by atoms with Crippen LogP contribution in [0.4, 0.5) is 4.79 Å². The van der Waals surface area contributed by atoms with E-state index in [1.165, 1.54) is 0 Å². The van der Waals surface area contributed by atoms with Crippen molar-refractivity contribution in [2.75, 3.05) is 52.1 Å². The van der Waals surface area contributed by atoms with Gasteiger partial charge in [0.2, 0.25) is 0 Å². The summed E-state index contributed by atoms with van der Waals surface area (Å²) < 4.78 is 29.5. The summed E-state index contributed by atoms with van der Waals surface area (Å²) in [4.78, 5) is 19.8. The third kappa shape index (κ3) is 7.03. The second-order valence-electron chi connectivity index (χ2n) is 6.58. The number of aliphatic imine (C=N–C) groups is 1. The molecule has 0 radical (unpaired) electrons. The molecule has 1 fully saturated rings. The molecule has 1 amide bonds. The minimum absolute atomic E-state index is 0.0678. The minimum atomic E-state index is -3.14. The molecule has 0 atom stereocenters. The molecule has 0 aliphatic carbocycles. The van der Waals surface area contributed by atoms with E-state index in [4.69, 9.17) is 4.74 Å². The SMILES string of the molecule is CCOC(=O)N1CCN(C(=NC)NCCCS(=O)(=O)Cc2ccccc2)CC1. The van der Waals surface area contributed by atoms with E-state index in [1.807, 2.05) is 30.3 Å². The van der Waals surface area contributed by atoms with Crippen LogP contribution in [0.5, 0.6) is 0 Å². The van der Waals surface area contributed by atoms with Crippen molar-refractivity contribution in [1.29, 1.82) is 0 Å². The lowest BCUT2D eigenvalue weighted by molar-refractivity contribution is 0.0915. The Morgan fingerprint density at radius 3 is 2.39 bits per heavy atom. The van der Waals surface area contributed by atoms with E-state index in [1.54, 1.807) is 18.9 Å². The van der Waals surface area contributed by atoms with Crippen LogP contribution in [0.25, 0.3) is 0 Å². The molecule has 2 rings (SSSR count). The third-order valence-electron chi connectivity index (χ3n) is 4.46. The molecule has 9 heteroatoms. The van der Waals surface area contributed by atoms with Crippen molar-refractivity contribution in [2.24, 2.45) is 4.99 Å². The van der Waals surface area contributed by atoms with Crippen LogP contribution in [0.15, 0.2) is 35.3 Å². The van der Waals surface area contributed by atoms with Gasteiger partial charge in [-0.2, -0.15) is 0 Å². The van der Waals surface area contributed by atoms with Crippen molar-refractivity contribution in [3.8, 4) is 0 Å². The van der Waals surface area contributed by atoms with Gasteiger partial charge in [-0.3, -0.25) is 4.99 Å². The Hall–Kier alpha value is -2.29. The van der Waals surface area contributed by atoms with Gasteiger partial charge in [0.1, 0.15) is 0 Å². The molecular weight excluding hydrogens is 380 g/mol. The number of guanidine groups is 1. The van der Waals surface area contributed by atoms with E-state index in [0.29, 0.717) is 45.8 Å². The molecule has 1 saturated heterocycles. The lowest BCUT2D eigenvalue weighted by atomic mass is 10.2. The second-order valence-corrected chi connectivity index (χ2v) is 8.76. The molecule has 28 heavy (non-hydrogen) atoms. The molecule has 0 saturated carbocycles. The maximum Gasteiger partial charge on any atom is 0.409 e. The molecule has 8 nitrogen and oxygen atoms in total. The molecule has 0 bridgehead atoms. The van der Waals surface area contributed by atoms with E-state index in [2.05, 4.69) is 15.2 Å². The minimum Gasteiger partial charge on any atom is -0.450 e. The summed E-state index contributed by atoms with van der Waals surface area (Å²) >= 11 is 0. The number of ether oxygens (including phenoxy) is 1. The normalized spacial score (nSPS) is 15.4. The number of carbonyl (C=O) groups excluding carboxylic acids is 1. The number of benzene rings is 1. The highest BCUT2D eigenvalue weighted by Crippen LogP contribution is 2.07. The number of hydrogen-bond acceptors (Lipinski definition) is 5. The van der Waals surface area contributed by atoms with E-state index in [0.717, 1.165) is 11.5 Å². The van der Waals surface area contributed by atoms with Gasteiger partial charge in [0.15, 0.2) is 15.8 Å². The van der Waals surface area contributed by atoms with Crippen LogP contribution >= 0.6 is 0 Å². The van der Waals surface area contributed by atoms with Gasteiger partial charge in [0.25, 0.3) is 0 Å². The first-order valence-corrected chi connectivity index (χ1v) is 11.4. The Labute approximate surface area is 167 Å². The lowest BCUT2D eigenvalue weighted by Gasteiger charge is -2.35. The Balaban J connectivity index is 1.72. The summed E-state index contributed by atoms with van der Waals surface area (Å²) in [6.45, 7) is 5.15. The largest absolute Gasteiger partial charge is 0.450 e. The van der Waals surface area contributed by atoms with Crippen LogP contribution in [-0.2, 0) is 20.3 Å². The standard InChI is InChI=1S/C19H30N4O4S/c1-3-27-19(24)23-13-11-22(12-14-23)18(20-2)21-10-7-15-28(25,26)16-17-8-5-4-6-9-17/h4-6,8-9H,3,7,10-16H2,1-2H3,(H,20,21). The van der Waals surface area contributed by atoms with Gasteiger partial charge < -0.3 is 19.9 Å². The first-order chi connectivity index (χ1) is 13.4. The monoisotopic (exact) mass is 410 g/mol. The molecule has 0 unspecified atom stereocenters. The first kappa shape index (κ1) is 22.0. The highest BCUT2D eigenvalue weighted by atomic mass is 32.2. The topological polar surface area (TPSA) is 91.3 Å². The fourth-order valence-electron chi connectivity index (χ4n) is 3.04. The number of rotatable bonds is 7. The highest BCUT2D eigenvalue weighted by Gasteiger charge is 2.23. The molecule has 156 valence electrons. The first-order valence-electron chi connectivity index (χ1n) is 9.57. The average Bonchev–Trinajstić information content (AvgIpc) is 2.69. The third-order valence-corrected chi connectivity index (χ3v) is 6.15. The van der Waals surface area contributed by atoms with Crippen LogP contribution in [0.2, 0.25) is 0 Å². The summed E-state index contributed by atoms with van der Waals surface area (Å²) in [5.41, 5.74) is 0.811. The van der Waals surface area contributed by atoms with Gasteiger partial charge >= 0.3 is 6.09 Å². The Morgan fingerprint density at radius 1 is 1.14 bits per heavy atom. The van der Waals surface area contributed by atoms with E-state index < -0.39 is 9.84 Å². The van der Waals surface area contributed by atoms with Crippen molar-refractivity contribution in [3.63, 3.8) is 0 Å². The zero-order valence-electron chi connectivity index (χ0n) is 16.6. The van der Waals surface area contributed by atoms with Gasteiger partial charge in [-0.05, 0) is 18.9 Å². The predicted molar refractivity (Wildman–Crippen MR) is 110 cm³/mol. The number of sulfone groups is 1. The van der Waals surface area contributed by atoms with E-state index >= 15 is 0 Å². The van der Waals surface area contributed by atoms with Gasteiger partial charge in [-0.15, -0.1) is 0 Å². The van der Waals surface area contributed by atoms with Crippen molar-refractivity contribution in [3.05, 3.63) is 35.9 Å². The number of carbonyl (C=O) groups is 1. The second kappa shape index (κ2) is 10.9. The van der Waals surface area contributed by atoms with Crippen molar-refractivity contribution in [2.45, 2.75) is 19.1 Å². The molecule has 1 aliphatic heterocycles. The molecule has 1 aliphatic rings. The van der Waals surface area contributed by atoms with Crippen LogP contribution in [-0.4, -0.2) is 82.4 Å². The number of amides is 1. The van der Waals surface area contributed by atoms with E-state index in [9.17, 15) is 13.2 Å². The predicted octanol–water partition coefficient (Wildman–Crippen LogP) is 1.34. The van der Waals surface area contributed by atoms with Gasteiger partial charge in [-0.25, -0.2) is 13.2 Å². The molecule has 1 heterocycles. The summed E-state index contributed by atoms with van der Waals surface area (Å²) in [5.74, 6) is 0.921. The molecular formula is C19H30N4O4S. The van der Waals surface area contributed by atoms with Crippen LogP contribution in [0.3, 0.4) is 0 Å². The molecule has 0 spiro atoms. The smallest absolute Gasteiger partial charge is 0.409 e. The zero-order valence-corrected chi connectivity index (χ0v) is 17.5. The summed E-state index contributed by atoms with van der Waals surface area (Å²) in [7, 11) is -1.44. The zero-order chi connectivity index (χ0) is 20.4. The fourth-order valence-corrected chi connectivity index (χ4v) is 4.47.